The van der Waals surface area contributed by atoms with Crippen molar-refractivity contribution in [3.05, 3.63) is 0 Å². The highest BCUT2D eigenvalue weighted by atomic mass is 16.2. The molecule has 0 aromatic heterocycles. The number of nitrogens with one attached hydrogen (secondary N) is 3. The maximum absolute atomic E-state index is 11.9. The molecule has 19 heavy (non-hydrogen) atoms. The fraction of sp³-hybridized carbons (Fsp3) is 0.846. The molecule has 1 saturated heterocycles. The van der Waals surface area contributed by atoms with Gasteiger partial charge in [-0.1, -0.05) is 13.8 Å². The minimum absolute atomic E-state index is 0.0575. The summed E-state index contributed by atoms with van der Waals surface area (Å²) in [6.45, 7) is 10.2. The molecule has 1 rings (SSSR count). The molecule has 0 aromatic rings. The summed E-state index contributed by atoms with van der Waals surface area (Å²) in [5.74, 6) is 0.204. The van der Waals surface area contributed by atoms with E-state index in [1.165, 1.54) is 0 Å². The van der Waals surface area contributed by atoms with Gasteiger partial charge < -0.3 is 16.0 Å². The fourth-order valence-corrected chi connectivity index (χ4v) is 1.93. The molecule has 1 aliphatic rings. The molecule has 3 N–H and O–H groups in total. The highest BCUT2D eigenvalue weighted by Crippen LogP contribution is 2.00. The average Bonchev–Trinajstić information content (AvgIpc) is 2.42. The number of carbonyl (C=O) groups excluding carboxylic acids is 2. The molecule has 0 saturated carbocycles. The Hall–Kier alpha value is -1.14. The smallest absolute Gasteiger partial charge is 0.239 e. The van der Waals surface area contributed by atoms with Crippen molar-refractivity contribution in [2.24, 2.45) is 5.92 Å². The third kappa shape index (κ3) is 6.02. The number of hydrogen-bond donors (Lipinski definition) is 3. The van der Waals surface area contributed by atoms with Gasteiger partial charge >= 0.3 is 0 Å². The lowest BCUT2D eigenvalue weighted by Gasteiger charge is -2.31. The molecule has 1 atom stereocenters. The Kier molecular flexibility index (Phi) is 6.80. The number of piperazine rings is 1. The van der Waals surface area contributed by atoms with E-state index in [4.69, 9.17) is 0 Å². The van der Waals surface area contributed by atoms with Crippen molar-refractivity contribution in [1.82, 2.24) is 20.9 Å². The van der Waals surface area contributed by atoms with Gasteiger partial charge in [-0.25, -0.2) is 0 Å². The second-order valence-corrected chi connectivity index (χ2v) is 5.38. The van der Waals surface area contributed by atoms with E-state index >= 15 is 0 Å². The highest BCUT2D eigenvalue weighted by Gasteiger charge is 2.22. The molecule has 1 aliphatic heterocycles. The molecule has 0 spiro atoms. The molecular weight excluding hydrogens is 244 g/mol. The Morgan fingerprint density at radius 1 is 1.16 bits per heavy atom. The number of nitrogens with zero attached hydrogens (tertiary/aromatic N) is 1. The Morgan fingerprint density at radius 2 is 1.79 bits per heavy atom. The van der Waals surface area contributed by atoms with Crippen LogP contribution in [0, 0.1) is 5.92 Å². The molecule has 6 heteroatoms. The first kappa shape index (κ1) is 15.9. The molecule has 2 amide bonds. The van der Waals surface area contributed by atoms with E-state index < -0.39 is 0 Å². The molecular formula is C13H26N4O2. The van der Waals surface area contributed by atoms with Crippen molar-refractivity contribution in [1.29, 1.82) is 0 Å². The zero-order chi connectivity index (χ0) is 14.3. The van der Waals surface area contributed by atoms with Gasteiger partial charge in [0.05, 0.1) is 12.6 Å². The first-order chi connectivity index (χ1) is 9.00. The highest BCUT2D eigenvalue weighted by molar-refractivity contribution is 5.87. The number of hydrogen-bond acceptors (Lipinski definition) is 4. The molecule has 6 nitrogen and oxygen atoms in total. The average molecular weight is 270 g/mol. The summed E-state index contributed by atoms with van der Waals surface area (Å²) in [5.41, 5.74) is 0. The van der Waals surface area contributed by atoms with Gasteiger partial charge in [0.15, 0.2) is 0 Å². The standard InChI is InChI=1S/C13H26N4O2/c1-10(2)8-15-12(18)9-16-13(19)11(3)17-6-4-14-5-7-17/h10-11,14H,4-9H2,1-3H3,(H,15,18)(H,16,19). The molecule has 0 aliphatic carbocycles. The van der Waals surface area contributed by atoms with Crippen molar-refractivity contribution in [2.75, 3.05) is 39.3 Å². The Bertz CT molecular complexity index is 301. The van der Waals surface area contributed by atoms with Gasteiger partial charge in [0, 0.05) is 32.7 Å². The van der Waals surface area contributed by atoms with E-state index in [-0.39, 0.29) is 24.4 Å². The molecule has 110 valence electrons. The van der Waals surface area contributed by atoms with Crippen molar-refractivity contribution < 1.29 is 9.59 Å². The van der Waals surface area contributed by atoms with Crippen LogP contribution in [-0.4, -0.2) is 62.0 Å². The van der Waals surface area contributed by atoms with E-state index in [2.05, 4.69) is 20.9 Å². The topological polar surface area (TPSA) is 73.5 Å². The van der Waals surface area contributed by atoms with E-state index in [1.807, 2.05) is 20.8 Å². The summed E-state index contributed by atoms with van der Waals surface area (Å²) in [5, 5.41) is 8.72. The second-order valence-electron chi connectivity index (χ2n) is 5.38. The van der Waals surface area contributed by atoms with E-state index in [9.17, 15) is 9.59 Å². The van der Waals surface area contributed by atoms with Crippen LogP contribution in [0.5, 0.6) is 0 Å². The minimum Gasteiger partial charge on any atom is -0.354 e. The Balaban J connectivity index is 2.24. The molecule has 1 fully saturated rings. The maximum Gasteiger partial charge on any atom is 0.239 e. The zero-order valence-corrected chi connectivity index (χ0v) is 12.2. The van der Waals surface area contributed by atoms with Gasteiger partial charge in [-0.05, 0) is 12.8 Å². The number of amides is 2. The predicted octanol–water partition coefficient (Wildman–Crippen LogP) is -0.831. The van der Waals surface area contributed by atoms with Crippen LogP contribution in [0.2, 0.25) is 0 Å². The zero-order valence-electron chi connectivity index (χ0n) is 12.2. The van der Waals surface area contributed by atoms with E-state index in [1.54, 1.807) is 0 Å². The molecule has 1 unspecified atom stereocenters. The molecule has 0 bridgehead atoms. The minimum atomic E-state index is -0.181. The van der Waals surface area contributed by atoms with Crippen LogP contribution < -0.4 is 16.0 Å². The first-order valence-corrected chi connectivity index (χ1v) is 7.00. The lowest BCUT2D eigenvalue weighted by atomic mass is 10.2. The lowest BCUT2D eigenvalue weighted by Crippen LogP contribution is -2.53. The van der Waals surface area contributed by atoms with Gasteiger partial charge in [-0.3, -0.25) is 14.5 Å². The van der Waals surface area contributed by atoms with Crippen molar-refractivity contribution >= 4 is 11.8 Å². The van der Waals surface area contributed by atoms with Crippen LogP contribution in [0.15, 0.2) is 0 Å². The van der Waals surface area contributed by atoms with Gasteiger partial charge in [-0.15, -0.1) is 0 Å². The summed E-state index contributed by atoms with van der Waals surface area (Å²) in [7, 11) is 0. The Labute approximate surface area is 115 Å². The van der Waals surface area contributed by atoms with Crippen LogP contribution in [0.25, 0.3) is 0 Å². The summed E-state index contributed by atoms with van der Waals surface area (Å²) < 4.78 is 0. The summed E-state index contributed by atoms with van der Waals surface area (Å²) in [6, 6.07) is -0.181. The lowest BCUT2D eigenvalue weighted by molar-refractivity contribution is -0.129. The SMILES string of the molecule is CC(C)CNC(=O)CNC(=O)C(C)N1CCNCC1. The summed E-state index contributed by atoms with van der Waals surface area (Å²) >= 11 is 0. The van der Waals surface area contributed by atoms with Gasteiger partial charge in [0.1, 0.15) is 0 Å². The van der Waals surface area contributed by atoms with Crippen LogP contribution >= 0.6 is 0 Å². The van der Waals surface area contributed by atoms with Crippen LogP contribution in [0.3, 0.4) is 0 Å². The maximum atomic E-state index is 11.9. The van der Waals surface area contributed by atoms with Gasteiger partial charge in [-0.2, -0.15) is 0 Å². The summed E-state index contributed by atoms with van der Waals surface area (Å²) in [4.78, 5) is 25.6. The Morgan fingerprint density at radius 3 is 2.37 bits per heavy atom. The van der Waals surface area contributed by atoms with Crippen LogP contribution in [0.1, 0.15) is 20.8 Å². The summed E-state index contributed by atoms with van der Waals surface area (Å²) in [6.07, 6.45) is 0. The van der Waals surface area contributed by atoms with E-state index in [0.29, 0.717) is 12.5 Å². The van der Waals surface area contributed by atoms with Crippen molar-refractivity contribution in [3.8, 4) is 0 Å². The number of rotatable bonds is 6. The monoisotopic (exact) mass is 270 g/mol. The normalized spacial score (nSPS) is 18.1. The predicted molar refractivity (Wildman–Crippen MR) is 74.8 cm³/mol. The van der Waals surface area contributed by atoms with Crippen molar-refractivity contribution in [2.45, 2.75) is 26.8 Å². The first-order valence-electron chi connectivity index (χ1n) is 7.00. The van der Waals surface area contributed by atoms with Crippen LogP contribution in [0.4, 0.5) is 0 Å². The molecule has 0 aromatic carbocycles. The number of carbonyl (C=O) groups is 2. The van der Waals surface area contributed by atoms with E-state index in [0.717, 1.165) is 26.2 Å². The third-order valence-corrected chi connectivity index (χ3v) is 3.21. The van der Waals surface area contributed by atoms with Crippen LogP contribution in [-0.2, 0) is 9.59 Å². The van der Waals surface area contributed by atoms with Crippen molar-refractivity contribution in [3.63, 3.8) is 0 Å². The third-order valence-electron chi connectivity index (χ3n) is 3.21. The molecule has 1 heterocycles. The largest absolute Gasteiger partial charge is 0.354 e. The van der Waals surface area contributed by atoms with Gasteiger partial charge in [0.25, 0.3) is 0 Å². The molecule has 0 radical (unpaired) electrons. The van der Waals surface area contributed by atoms with Gasteiger partial charge in [0.2, 0.25) is 11.8 Å². The fourth-order valence-electron chi connectivity index (χ4n) is 1.93. The quantitative estimate of drug-likeness (QED) is 0.589. The second kappa shape index (κ2) is 8.12.